The summed E-state index contributed by atoms with van der Waals surface area (Å²) in [5.74, 6) is 0.324. The summed E-state index contributed by atoms with van der Waals surface area (Å²) in [5, 5.41) is -0.0344. The van der Waals surface area contributed by atoms with Crippen molar-refractivity contribution in [1.29, 1.82) is 0 Å². The summed E-state index contributed by atoms with van der Waals surface area (Å²) < 4.78 is 44.4. The van der Waals surface area contributed by atoms with Gasteiger partial charge in [0.25, 0.3) is 0 Å². The van der Waals surface area contributed by atoms with Gasteiger partial charge >= 0.3 is 0 Å². The third-order valence-corrected chi connectivity index (χ3v) is 11.9. The standard InChI is InChI=1S/C42H56ClNO6S2/c1-30(19-17-18-26-43)34(44-52(46)42(5,6)7)35-36(47-27-31-20-11-8-12-21-31)37(48-28-32-22-13-9-14-23-32)38(49-29-33-24-15-10-16-25-33)39(50-35)51-40(45)41(2,3)4/h8-17,19-25,30,34-39,44H,18,26-29H2,1-7H3/b19-17-/t30-,34-,35-,36+,37+,38-,39-,52-/m1/s1. The van der Waals surface area contributed by atoms with Gasteiger partial charge in [0.05, 0.1) is 41.6 Å². The average molecular weight is 770 g/mol. The Hall–Kier alpha value is -2.34. The van der Waals surface area contributed by atoms with Crippen molar-refractivity contribution in [1.82, 2.24) is 4.72 Å². The molecule has 0 bridgehead atoms. The van der Waals surface area contributed by atoms with Crippen LogP contribution in [0, 0.1) is 11.3 Å². The number of benzene rings is 3. The predicted molar refractivity (Wildman–Crippen MR) is 214 cm³/mol. The summed E-state index contributed by atoms with van der Waals surface area (Å²) in [6.45, 7) is 14.4. The van der Waals surface area contributed by atoms with Crippen LogP contribution in [0.3, 0.4) is 0 Å². The molecule has 8 atom stereocenters. The Morgan fingerprint density at radius 1 is 0.808 bits per heavy atom. The molecule has 1 aliphatic heterocycles. The highest BCUT2D eigenvalue weighted by Gasteiger charge is 2.53. The minimum Gasteiger partial charge on any atom is -0.368 e. The van der Waals surface area contributed by atoms with Gasteiger partial charge in [0.15, 0.2) is 5.12 Å². The summed E-state index contributed by atoms with van der Waals surface area (Å²) >= 11 is 7.18. The number of carbonyl (C=O) groups excluding carboxylic acids is 1. The Morgan fingerprint density at radius 2 is 1.27 bits per heavy atom. The van der Waals surface area contributed by atoms with Crippen LogP contribution in [0.2, 0.25) is 0 Å². The lowest BCUT2D eigenvalue weighted by Crippen LogP contribution is -2.65. The van der Waals surface area contributed by atoms with E-state index in [1.54, 1.807) is 0 Å². The van der Waals surface area contributed by atoms with Crippen LogP contribution in [-0.4, -0.2) is 55.8 Å². The molecule has 4 rings (SSSR count). The maximum Gasteiger partial charge on any atom is 0.196 e. The first-order valence-corrected chi connectivity index (χ1v) is 20.6. The average Bonchev–Trinajstić information content (AvgIpc) is 3.12. The summed E-state index contributed by atoms with van der Waals surface area (Å²) in [6, 6.07) is 29.4. The van der Waals surface area contributed by atoms with Gasteiger partial charge in [-0.3, -0.25) is 4.79 Å². The van der Waals surface area contributed by atoms with E-state index >= 15 is 0 Å². The number of alkyl halides is 1. The van der Waals surface area contributed by atoms with Crippen molar-refractivity contribution in [3.63, 3.8) is 0 Å². The molecule has 1 aliphatic rings. The van der Waals surface area contributed by atoms with Gasteiger partial charge in [0.2, 0.25) is 0 Å². The highest BCUT2D eigenvalue weighted by molar-refractivity contribution is 8.14. The van der Waals surface area contributed by atoms with Crippen molar-refractivity contribution in [3.8, 4) is 0 Å². The first-order chi connectivity index (χ1) is 24.8. The van der Waals surface area contributed by atoms with Crippen LogP contribution in [0.15, 0.2) is 103 Å². The second-order valence-corrected chi connectivity index (χ2v) is 18.6. The quantitative estimate of drug-likeness (QED) is 0.108. The summed E-state index contributed by atoms with van der Waals surface area (Å²) in [5.41, 5.74) is 1.56. The lowest BCUT2D eigenvalue weighted by atomic mass is 9.88. The summed E-state index contributed by atoms with van der Waals surface area (Å²) in [7, 11) is -1.46. The zero-order chi connectivity index (χ0) is 37.7. The molecule has 0 amide bonds. The van der Waals surface area contributed by atoms with Gasteiger partial charge in [0.1, 0.15) is 29.9 Å². The predicted octanol–water partition coefficient (Wildman–Crippen LogP) is 9.02. The van der Waals surface area contributed by atoms with E-state index in [1.807, 2.05) is 139 Å². The summed E-state index contributed by atoms with van der Waals surface area (Å²) in [6.07, 6.45) is 2.04. The molecule has 1 fully saturated rings. The van der Waals surface area contributed by atoms with Crippen LogP contribution in [0.5, 0.6) is 0 Å². The second kappa shape index (κ2) is 20.4. The van der Waals surface area contributed by atoms with E-state index in [4.69, 9.17) is 30.5 Å². The fraction of sp³-hybridized carbons (Fsp3) is 0.500. The van der Waals surface area contributed by atoms with Crippen molar-refractivity contribution in [3.05, 3.63) is 120 Å². The minimum absolute atomic E-state index is 0.0344. The van der Waals surface area contributed by atoms with Crippen molar-refractivity contribution in [2.75, 3.05) is 5.88 Å². The van der Waals surface area contributed by atoms with E-state index in [2.05, 4.69) is 17.7 Å². The molecule has 52 heavy (non-hydrogen) atoms. The number of rotatable bonds is 17. The largest absolute Gasteiger partial charge is 0.368 e. The molecule has 10 heteroatoms. The first kappa shape index (κ1) is 42.4. The van der Waals surface area contributed by atoms with E-state index in [9.17, 15) is 9.00 Å². The smallest absolute Gasteiger partial charge is 0.196 e. The van der Waals surface area contributed by atoms with Gasteiger partial charge in [-0.2, -0.15) is 0 Å². The fourth-order valence-corrected chi connectivity index (χ4v) is 7.82. The maximum absolute atomic E-state index is 13.9. The molecule has 0 aliphatic carbocycles. The lowest BCUT2D eigenvalue weighted by Gasteiger charge is -2.49. The second-order valence-electron chi connectivity index (χ2n) is 15.2. The maximum atomic E-state index is 13.9. The van der Waals surface area contributed by atoms with Crippen molar-refractivity contribution < 1.29 is 28.0 Å². The van der Waals surface area contributed by atoms with Crippen LogP contribution in [-0.2, 0) is 54.5 Å². The molecule has 0 radical (unpaired) electrons. The molecule has 1 heterocycles. The van der Waals surface area contributed by atoms with Gasteiger partial charge < -0.3 is 18.9 Å². The highest BCUT2D eigenvalue weighted by Crippen LogP contribution is 2.40. The van der Waals surface area contributed by atoms with Crippen LogP contribution in [0.1, 0.15) is 71.6 Å². The van der Waals surface area contributed by atoms with Crippen LogP contribution >= 0.6 is 23.4 Å². The Kier molecular flexibility index (Phi) is 16.6. The molecule has 1 N–H and O–H groups in total. The molecule has 3 aromatic rings. The van der Waals surface area contributed by atoms with Crippen LogP contribution in [0.25, 0.3) is 0 Å². The molecule has 284 valence electrons. The lowest BCUT2D eigenvalue weighted by molar-refractivity contribution is -0.252. The minimum atomic E-state index is -1.46. The van der Waals surface area contributed by atoms with Crippen LogP contribution < -0.4 is 4.72 Å². The number of hydrogen-bond donors (Lipinski definition) is 1. The Labute approximate surface area is 323 Å². The molecule has 3 aromatic carbocycles. The van der Waals surface area contributed by atoms with Gasteiger partial charge in [-0.25, -0.2) is 8.93 Å². The topological polar surface area (TPSA) is 83.1 Å². The monoisotopic (exact) mass is 769 g/mol. The van der Waals surface area contributed by atoms with Crippen molar-refractivity contribution in [2.24, 2.45) is 11.3 Å². The number of thioether (sulfide) groups is 1. The van der Waals surface area contributed by atoms with Gasteiger partial charge in [-0.15, -0.1) is 11.6 Å². The molecular formula is C42H56ClNO6S2. The van der Waals surface area contributed by atoms with Gasteiger partial charge in [-0.1, -0.05) is 143 Å². The molecule has 0 aromatic heterocycles. The molecule has 1 saturated heterocycles. The number of carbonyl (C=O) groups is 1. The van der Waals surface area contributed by atoms with Gasteiger partial charge in [-0.05, 0) is 49.8 Å². The van der Waals surface area contributed by atoms with E-state index in [-0.39, 0.29) is 30.9 Å². The van der Waals surface area contributed by atoms with Crippen molar-refractivity contribution >= 4 is 39.5 Å². The van der Waals surface area contributed by atoms with E-state index in [1.165, 1.54) is 0 Å². The van der Waals surface area contributed by atoms with Crippen LogP contribution in [0.4, 0.5) is 0 Å². The fourth-order valence-electron chi connectivity index (χ4n) is 5.62. The highest BCUT2D eigenvalue weighted by atomic mass is 35.5. The molecule has 0 spiro atoms. The Morgan fingerprint density at radius 3 is 1.71 bits per heavy atom. The number of allylic oxidation sites excluding steroid dienone is 1. The third-order valence-electron chi connectivity index (χ3n) is 8.66. The Bertz CT molecular complexity index is 1550. The number of nitrogens with one attached hydrogen (secondary N) is 1. The third kappa shape index (κ3) is 12.9. The SMILES string of the molecule is C[C@H](/C=C\CCCl)[C@@H](N[S@](=O)C(C)(C)C)[C@H]1O[C@H](SC(=O)C(C)(C)C)[C@H](OCc2ccccc2)[C@@H](OCc2ccccc2)[C@H]1OCc1ccccc1. The number of ether oxygens (including phenoxy) is 4. The Balaban J connectivity index is 1.85. The van der Waals surface area contributed by atoms with Gasteiger partial charge in [0, 0.05) is 11.3 Å². The van der Waals surface area contributed by atoms with Crippen molar-refractivity contribution in [2.45, 2.75) is 115 Å². The van der Waals surface area contributed by atoms with E-state index in [0.717, 1.165) is 28.5 Å². The molecular weight excluding hydrogens is 714 g/mol. The first-order valence-electron chi connectivity index (χ1n) is 18.0. The normalized spacial score (nSPS) is 23.0. The van der Waals surface area contributed by atoms with E-state index < -0.39 is 57.0 Å². The zero-order valence-electron chi connectivity index (χ0n) is 31.5. The summed E-state index contributed by atoms with van der Waals surface area (Å²) in [4.78, 5) is 13.8. The molecule has 7 nitrogen and oxygen atoms in total. The zero-order valence-corrected chi connectivity index (χ0v) is 33.9. The molecule has 0 saturated carbocycles. The van der Waals surface area contributed by atoms with E-state index in [0.29, 0.717) is 12.3 Å². The molecule has 0 unspecified atom stereocenters. The number of halogens is 1. The number of hydrogen-bond acceptors (Lipinski definition) is 7.